The van der Waals surface area contributed by atoms with Gasteiger partial charge in [-0.2, -0.15) is 0 Å². The number of nitrogens with zero attached hydrogens (tertiary/aromatic N) is 5. The second kappa shape index (κ2) is 9.43. The molecule has 3 aromatic rings. The standard InChI is InChI=1S/C21H25FN6.HI/c1-16-6-5-9-20-25-17(15-28(16)20)14-24-21(23-2)27-12-10-26(11-13-27)19-8-4-3-7-18(19)22;/h3-9,15H,10-14H2,1-2H3,(H,23,24);1H. The highest BCUT2D eigenvalue weighted by molar-refractivity contribution is 14.0. The first kappa shape index (κ1) is 21.4. The number of anilines is 1. The first-order valence-corrected chi connectivity index (χ1v) is 9.54. The number of rotatable bonds is 3. The zero-order chi connectivity index (χ0) is 19.5. The van der Waals surface area contributed by atoms with Gasteiger partial charge in [-0.3, -0.25) is 4.99 Å². The maximum atomic E-state index is 14.0. The van der Waals surface area contributed by atoms with Crippen molar-refractivity contribution in [3.8, 4) is 0 Å². The molecule has 4 rings (SSSR count). The Balaban J connectivity index is 0.00000240. The number of para-hydroxylation sites is 1. The number of fused-ring (bicyclic) bond motifs is 1. The third kappa shape index (κ3) is 4.63. The molecule has 1 aliphatic heterocycles. The number of nitrogens with one attached hydrogen (secondary N) is 1. The van der Waals surface area contributed by atoms with Gasteiger partial charge in [0.2, 0.25) is 0 Å². The number of hydrogen-bond donors (Lipinski definition) is 1. The lowest BCUT2D eigenvalue weighted by molar-refractivity contribution is 0.370. The summed E-state index contributed by atoms with van der Waals surface area (Å²) < 4.78 is 16.1. The number of piperazine rings is 1. The topological polar surface area (TPSA) is 48.2 Å². The van der Waals surface area contributed by atoms with E-state index in [2.05, 4.69) is 48.7 Å². The van der Waals surface area contributed by atoms with Crippen LogP contribution in [-0.4, -0.2) is 53.5 Å². The van der Waals surface area contributed by atoms with Crippen molar-refractivity contribution in [2.45, 2.75) is 13.5 Å². The molecule has 0 amide bonds. The van der Waals surface area contributed by atoms with Crippen molar-refractivity contribution in [1.82, 2.24) is 19.6 Å². The maximum Gasteiger partial charge on any atom is 0.194 e. The van der Waals surface area contributed by atoms with Crippen molar-refractivity contribution in [2.75, 3.05) is 38.1 Å². The molecule has 0 unspecified atom stereocenters. The van der Waals surface area contributed by atoms with E-state index in [4.69, 9.17) is 0 Å². The molecule has 29 heavy (non-hydrogen) atoms. The van der Waals surface area contributed by atoms with Gasteiger partial charge in [-0.1, -0.05) is 18.2 Å². The molecule has 154 valence electrons. The van der Waals surface area contributed by atoms with Crippen molar-refractivity contribution < 1.29 is 4.39 Å². The van der Waals surface area contributed by atoms with E-state index in [1.165, 1.54) is 6.07 Å². The fourth-order valence-corrected chi connectivity index (χ4v) is 3.65. The van der Waals surface area contributed by atoms with Crippen LogP contribution in [0.4, 0.5) is 10.1 Å². The predicted octanol–water partition coefficient (Wildman–Crippen LogP) is 3.30. The highest BCUT2D eigenvalue weighted by Crippen LogP contribution is 2.20. The average molecular weight is 508 g/mol. The molecule has 3 heterocycles. The van der Waals surface area contributed by atoms with Crippen molar-refractivity contribution in [1.29, 1.82) is 0 Å². The lowest BCUT2D eigenvalue weighted by Crippen LogP contribution is -2.52. The van der Waals surface area contributed by atoms with Gasteiger partial charge in [-0.15, -0.1) is 24.0 Å². The summed E-state index contributed by atoms with van der Waals surface area (Å²) in [5.74, 6) is 0.683. The van der Waals surface area contributed by atoms with Gasteiger partial charge in [0.05, 0.1) is 17.9 Å². The molecule has 1 aromatic carbocycles. The number of imidazole rings is 1. The van der Waals surface area contributed by atoms with E-state index in [1.54, 1.807) is 13.1 Å². The number of benzene rings is 1. The van der Waals surface area contributed by atoms with Crippen molar-refractivity contribution in [2.24, 2.45) is 4.99 Å². The van der Waals surface area contributed by atoms with Crippen LogP contribution in [0.1, 0.15) is 11.4 Å². The summed E-state index contributed by atoms with van der Waals surface area (Å²) in [7, 11) is 1.79. The highest BCUT2D eigenvalue weighted by Gasteiger charge is 2.21. The van der Waals surface area contributed by atoms with E-state index in [-0.39, 0.29) is 29.8 Å². The molecule has 1 aliphatic rings. The summed E-state index contributed by atoms with van der Waals surface area (Å²) in [5, 5.41) is 3.41. The third-order valence-electron chi connectivity index (χ3n) is 5.16. The van der Waals surface area contributed by atoms with Crippen molar-refractivity contribution >= 4 is 41.3 Å². The summed E-state index contributed by atoms with van der Waals surface area (Å²) in [6.45, 7) is 5.78. The van der Waals surface area contributed by atoms with Crippen molar-refractivity contribution in [3.63, 3.8) is 0 Å². The van der Waals surface area contributed by atoms with Crippen LogP contribution >= 0.6 is 24.0 Å². The van der Waals surface area contributed by atoms with E-state index in [0.717, 1.165) is 49.2 Å². The molecule has 0 radical (unpaired) electrons. The Morgan fingerprint density at radius 2 is 1.86 bits per heavy atom. The molecule has 8 heteroatoms. The third-order valence-corrected chi connectivity index (χ3v) is 5.16. The number of aromatic nitrogens is 2. The summed E-state index contributed by atoms with van der Waals surface area (Å²) in [6, 6.07) is 13.0. The lowest BCUT2D eigenvalue weighted by Gasteiger charge is -2.37. The van der Waals surface area contributed by atoms with Crippen LogP contribution in [0, 0.1) is 12.7 Å². The molecular weight excluding hydrogens is 482 g/mol. The molecule has 0 bridgehead atoms. The first-order chi connectivity index (χ1) is 13.7. The number of aliphatic imine (C=N–C) groups is 1. The zero-order valence-corrected chi connectivity index (χ0v) is 19.0. The van der Waals surface area contributed by atoms with Gasteiger partial charge in [-0.05, 0) is 31.2 Å². The molecular formula is C21H26FIN6. The van der Waals surface area contributed by atoms with Gasteiger partial charge >= 0.3 is 0 Å². The van der Waals surface area contributed by atoms with Crippen LogP contribution in [0.2, 0.25) is 0 Å². The van der Waals surface area contributed by atoms with E-state index in [1.807, 2.05) is 24.3 Å². The molecule has 0 spiro atoms. The van der Waals surface area contributed by atoms with E-state index < -0.39 is 0 Å². The Labute approximate surface area is 187 Å². The lowest BCUT2D eigenvalue weighted by atomic mass is 10.2. The highest BCUT2D eigenvalue weighted by atomic mass is 127. The molecule has 0 atom stereocenters. The summed E-state index contributed by atoms with van der Waals surface area (Å²) in [6.07, 6.45) is 2.06. The number of halogens is 2. The second-order valence-electron chi connectivity index (χ2n) is 6.95. The van der Waals surface area contributed by atoms with E-state index in [0.29, 0.717) is 12.2 Å². The van der Waals surface area contributed by atoms with Crippen LogP contribution in [0.15, 0.2) is 53.7 Å². The fraction of sp³-hybridized carbons (Fsp3) is 0.333. The van der Waals surface area contributed by atoms with Gasteiger partial charge in [0.1, 0.15) is 11.5 Å². The smallest absolute Gasteiger partial charge is 0.194 e. The Bertz CT molecular complexity index is 994. The number of hydrogen-bond acceptors (Lipinski definition) is 3. The Kier molecular flexibility index (Phi) is 6.94. The second-order valence-corrected chi connectivity index (χ2v) is 6.95. The Morgan fingerprint density at radius 1 is 1.10 bits per heavy atom. The first-order valence-electron chi connectivity index (χ1n) is 9.54. The zero-order valence-electron chi connectivity index (χ0n) is 16.7. The van der Waals surface area contributed by atoms with Gasteiger partial charge in [-0.25, -0.2) is 9.37 Å². The van der Waals surface area contributed by atoms with Gasteiger partial charge in [0.15, 0.2) is 5.96 Å². The molecule has 0 aliphatic carbocycles. The molecule has 2 aromatic heterocycles. The normalized spacial score (nSPS) is 14.8. The SMILES string of the molecule is CN=C(NCc1cn2c(C)cccc2n1)N1CCN(c2ccccc2F)CC1.I. The van der Waals surface area contributed by atoms with Crippen LogP contribution in [-0.2, 0) is 6.54 Å². The van der Waals surface area contributed by atoms with E-state index >= 15 is 0 Å². The van der Waals surface area contributed by atoms with E-state index in [9.17, 15) is 4.39 Å². The van der Waals surface area contributed by atoms with Crippen molar-refractivity contribution in [3.05, 3.63) is 65.9 Å². The minimum absolute atomic E-state index is 0. The monoisotopic (exact) mass is 508 g/mol. The summed E-state index contributed by atoms with van der Waals surface area (Å²) in [4.78, 5) is 13.4. The minimum Gasteiger partial charge on any atom is -0.366 e. The Hall–Kier alpha value is -2.36. The van der Waals surface area contributed by atoms with Crippen LogP contribution in [0.25, 0.3) is 5.65 Å². The molecule has 0 saturated carbocycles. The summed E-state index contributed by atoms with van der Waals surface area (Å²) >= 11 is 0. The number of guanidine groups is 1. The van der Waals surface area contributed by atoms with Gasteiger partial charge < -0.3 is 19.5 Å². The number of pyridine rings is 1. The molecule has 1 saturated heterocycles. The largest absolute Gasteiger partial charge is 0.366 e. The molecule has 1 fully saturated rings. The molecule has 6 nitrogen and oxygen atoms in total. The van der Waals surface area contributed by atoms with Crippen LogP contribution in [0.3, 0.4) is 0 Å². The van der Waals surface area contributed by atoms with Gasteiger partial charge in [0.25, 0.3) is 0 Å². The van der Waals surface area contributed by atoms with Gasteiger partial charge in [0, 0.05) is 45.1 Å². The number of aryl methyl sites for hydroxylation is 1. The Morgan fingerprint density at radius 3 is 2.55 bits per heavy atom. The quantitative estimate of drug-likeness (QED) is 0.335. The maximum absolute atomic E-state index is 14.0. The molecule has 1 N–H and O–H groups in total. The van der Waals surface area contributed by atoms with Crippen LogP contribution < -0.4 is 10.2 Å². The predicted molar refractivity (Wildman–Crippen MR) is 126 cm³/mol. The van der Waals surface area contributed by atoms with Crippen LogP contribution in [0.5, 0.6) is 0 Å². The fourth-order valence-electron chi connectivity index (χ4n) is 3.65. The summed E-state index contributed by atoms with van der Waals surface area (Å²) in [5.41, 5.74) is 3.75. The average Bonchev–Trinajstić information content (AvgIpc) is 3.14. The minimum atomic E-state index is -0.166.